The highest BCUT2D eigenvalue weighted by Crippen LogP contribution is 2.30. The summed E-state index contributed by atoms with van der Waals surface area (Å²) in [7, 11) is 0. The van der Waals surface area contributed by atoms with E-state index in [0.29, 0.717) is 4.99 Å². The van der Waals surface area contributed by atoms with Crippen LogP contribution in [0, 0.1) is 12.8 Å². The van der Waals surface area contributed by atoms with Crippen LogP contribution >= 0.6 is 12.2 Å². The van der Waals surface area contributed by atoms with Crippen LogP contribution < -0.4 is 10.6 Å². The fraction of sp³-hybridized carbons (Fsp3) is 0.533. The first-order valence-electron chi connectivity index (χ1n) is 6.77. The number of nitrogens with zero attached hydrogens (tertiary/aromatic N) is 1. The molecule has 1 heterocycles. The van der Waals surface area contributed by atoms with Gasteiger partial charge in [-0.25, -0.2) is 0 Å². The highest BCUT2D eigenvalue weighted by atomic mass is 32.1. The van der Waals surface area contributed by atoms with Crippen LogP contribution in [0.5, 0.6) is 0 Å². The van der Waals surface area contributed by atoms with Crippen LogP contribution in [-0.4, -0.2) is 18.1 Å². The predicted octanol–water partition coefficient (Wildman–Crippen LogP) is 3.26. The molecule has 0 bridgehead atoms. The molecule has 0 saturated carbocycles. The SMILES string of the molecule is CCC1CCCN(c2c(C)cccc2C(N)=S)C1. The molecule has 0 aliphatic carbocycles. The predicted molar refractivity (Wildman–Crippen MR) is 82.3 cm³/mol. The molecule has 18 heavy (non-hydrogen) atoms. The first-order valence-corrected chi connectivity index (χ1v) is 7.18. The summed E-state index contributed by atoms with van der Waals surface area (Å²) in [5, 5.41) is 0. The molecule has 0 radical (unpaired) electrons. The van der Waals surface area contributed by atoms with E-state index in [-0.39, 0.29) is 0 Å². The van der Waals surface area contributed by atoms with Crippen LogP contribution in [0.1, 0.15) is 37.3 Å². The van der Waals surface area contributed by atoms with E-state index >= 15 is 0 Å². The van der Waals surface area contributed by atoms with Gasteiger partial charge in [0.1, 0.15) is 4.99 Å². The summed E-state index contributed by atoms with van der Waals surface area (Å²) in [6.07, 6.45) is 3.87. The minimum Gasteiger partial charge on any atom is -0.389 e. The van der Waals surface area contributed by atoms with Gasteiger partial charge in [0, 0.05) is 24.3 Å². The number of hydrogen-bond donors (Lipinski definition) is 1. The van der Waals surface area contributed by atoms with E-state index < -0.39 is 0 Å². The minimum atomic E-state index is 0.507. The lowest BCUT2D eigenvalue weighted by Crippen LogP contribution is -2.36. The average Bonchev–Trinajstić information content (AvgIpc) is 2.38. The molecule has 2 nitrogen and oxygen atoms in total. The van der Waals surface area contributed by atoms with Crippen LogP contribution in [0.15, 0.2) is 18.2 Å². The summed E-state index contributed by atoms with van der Waals surface area (Å²) in [5.41, 5.74) is 9.42. The maximum atomic E-state index is 5.86. The Morgan fingerprint density at radius 3 is 2.94 bits per heavy atom. The van der Waals surface area contributed by atoms with Gasteiger partial charge in [0.15, 0.2) is 0 Å². The Labute approximate surface area is 115 Å². The van der Waals surface area contributed by atoms with Gasteiger partial charge in [0.2, 0.25) is 0 Å². The Morgan fingerprint density at radius 1 is 1.50 bits per heavy atom. The smallest absolute Gasteiger partial charge is 0.106 e. The van der Waals surface area contributed by atoms with Crippen molar-refractivity contribution in [3.05, 3.63) is 29.3 Å². The second-order valence-corrected chi connectivity index (χ2v) is 5.64. The van der Waals surface area contributed by atoms with Crippen molar-refractivity contribution in [1.82, 2.24) is 0 Å². The van der Waals surface area contributed by atoms with Gasteiger partial charge >= 0.3 is 0 Å². The van der Waals surface area contributed by atoms with Crippen molar-refractivity contribution >= 4 is 22.9 Å². The average molecular weight is 262 g/mol. The molecule has 2 rings (SSSR count). The number of anilines is 1. The van der Waals surface area contributed by atoms with Crippen molar-refractivity contribution in [2.45, 2.75) is 33.1 Å². The van der Waals surface area contributed by atoms with E-state index in [9.17, 15) is 0 Å². The fourth-order valence-electron chi connectivity index (χ4n) is 2.88. The molecule has 3 heteroatoms. The van der Waals surface area contributed by atoms with E-state index in [1.54, 1.807) is 0 Å². The molecule has 1 fully saturated rings. The third-order valence-electron chi connectivity index (χ3n) is 3.92. The van der Waals surface area contributed by atoms with Crippen molar-refractivity contribution < 1.29 is 0 Å². The lowest BCUT2D eigenvalue weighted by molar-refractivity contribution is 0.404. The Kier molecular flexibility index (Phi) is 4.23. The normalized spacial score (nSPS) is 19.9. The monoisotopic (exact) mass is 262 g/mol. The summed E-state index contributed by atoms with van der Waals surface area (Å²) in [6.45, 7) is 6.68. The Bertz CT molecular complexity index is 442. The summed E-state index contributed by atoms with van der Waals surface area (Å²) in [6, 6.07) is 6.22. The molecule has 1 aromatic carbocycles. The van der Waals surface area contributed by atoms with Crippen molar-refractivity contribution in [2.24, 2.45) is 11.7 Å². The number of nitrogens with two attached hydrogens (primary N) is 1. The lowest BCUT2D eigenvalue weighted by atomic mass is 9.94. The van der Waals surface area contributed by atoms with Gasteiger partial charge in [-0.05, 0) is 37.3 Å². The van der Waals surface area contributed by atoms with Gasteiger partial charge in [0.25, 0.3) is 0 Å². The van der Waals surface area contributed by atoms with Gasteiger partial charge in [-0.1, -0.05) is 37.7 Å². The van der Waals surface area contributed by atoms with Gasteiger partial charge in [-0.2, -0.15) is 0 Å². The van der Waals surface area contributed by atoms with Crippen molar-refractivity contribution in [3.63, 3.8) is 0 Å². The molecule has 1 unspecified atom stereocenters. The largest absolute Gasteiger partial charge is 0.389 e. The quantitative estimate of drug-likeness (QED) is 0.848. The third-order valence-corrected chi connectivity index (χ3v) is 4.14. The van der Waals surface area contributed by atoms with E-state index in [2.05, 4.69) is 24.8 Å². The fourth-order valence-corrected chi connectivity index (χ4v) is 3.04. The first kappa shape index (κ1) is 13.3. The summed E-state index contributed by atoms with van der Waals surface area (Å²) < 4.78 is 0. The molecule has 0 amide bonds. The zero-order valence-corrected chi connectivity index (χ0v) is 12.1. The standard InChI is InChI=1S/C15H22N2S/c1-3-12-7-5-9-17(10-12)14-11(2)6-4-8-13(14)15(16)18/h4,6,8,12H,3,5,7,9-10H2,1-2H3,(H2,16,18). The van der Waals surface area contributed by atoms with Crippen LogP contribution in [0.4, 0.5) is 5.69 Å². The highest BCUT2D eigenvalue weighted by molar-refractivity contribution is 7.80. The van der Waals surface area contributed by atoms with Crippen molar-refractivity contribution in [2.75, 3.05) is 18.0 Å². The van der Waals surface area contributed by atoms with Gasteiger partial charge < -0.3 is 10.6 Å². The first-order chi connectivity index (χ1) is 8.63. The van der Waals surface area contributed by atoms with E-state index in [0.717, 1.165) is 24.6 Å². The third kappa shape index (κ3) is 2.66. The van der Waals surface area contributed by atoms with Crippen LogP contribution in [0.25, 0.3) is 0 Å². The molecule has 98 valence electrons. The van der Waals surface area contributed by atoms with E-state index in [1.807, 2.05) is 12.1 Å². The summed E-state index contributed by atoms with van der Waals surface area (Å²) in [5.74, 6) is 0.803. The number of piperidine rings is 1. The summed E-state index contributed by atoms with van der Waals surface area (Å²) in [4.78, 5) is 2.98. The Balaban J connectivity index is 2.34. The number of aryl methyl sites for hydroxylation is 1. The molecule has 2 N–H and O–H groups in total. The number of benzene rings is 1. The second kappa shape index (κ2) is 5.70. The number of hydrogen-bond acceptors (Lipinski definition) is 2. The molecule has 1 aliphatic rings. The maximum Gasteiger partial charge on any atom is 0.106 e. The summed E-state index contributed by atoms with van der Waals surface area (Å²) >= 11 is 5.19. The number of para-hydroxylation sites is 1. The Hall–Kier alpha value is -1.09. The van der Waals surface area contributed by atoms with Crippen molar-refractivity contribution in [3.8, 4) is 0 Å². The van der Waals surface area contributed by atoms with Gasteiger partial charge in [0.05, 0.1) is 0 Å². The molecule has 1 aromatic rings. The molecular weight excluding hydrogens is 240 g/mol. The molecule has 0 spiro atoms. The Morgan fingerprint density at radius 2 is 2.28 bits per heavy atom. The van der Waals surface area contributed by atoms with Crippen molar-refractivity contribution in [1.29, 1.82) is 0 Å². The zero-order valence-electron chi connectivity index (χ0n) is 11.3. The maximum absolute atomic E-state index is 5.86. The minimum absolute atomic E-state index is 0.507. The molecule has 0 aromatic heterocycles. The second-order valence-electron chi connectivity index (χ2n) is 5.20. The van der Waals surface area contributed by atoms with Crippen LogP contribution in [0.3, 0.4) is 0 Å². The molecule has 1 aliphatic heterocycles. The van der Waals surface area contributed by atoms with Crippen LogP contribution in [0.2, 0.25) is 0 Å². The lowest BCUT2D eigenvalue weighted by Gasteiger charge is -2.36. The number of thiocarbonyl (C=S) groups is 1. The van der Waals surface area contributed by atoms with Gasteiger partial charge in [-0.3, -0.25) is 0 Å². The van der Waals surface area contributed by atoms with Crippen LogP contribution in [-0.2, 0) is 0 Å². The molecular formula is C15H22N2S. The number of rotatable bonds is 3. The highest BCUT2D eigenvalue weighted by Gasteiger charge is 2.22. The topological polar surface area (TPSA) is 29.3 Å². The molecule has 1 saturated heterocycles. The molecule has 1 atom stereocenters. The van der Waals surface area contributed by atoms with E-state index in [1.165, 1.54) is 30.5 Å². The zero-order chi connectivity index (χ0) is 13.1. The van der Waals surface area contributed by atoms with E-state index in [4.69, 9.17) is 18.0 Å². The van der Waals surface area contributed by atoms with Gasteiger partial charge in [-0.15, -0.1) is 0 Å².